The molecule has 0 bridgehead atoms. The Morgan fingerprint density at radius 1 is 0.864 bits per heavy atom. The molecule has 2 aromatic rings. The molecule has 0 radical (unpaired) electrons. The monoisotopic (exact) mass is 536 g/mol. The first-order valence-corrected chi connectivity index (χ1v) is 11.6. The molecule has 1 atom stereocenters. The van der Waals surface area contributed by atoms with Crippen molar-refractivity contribution in [2.24, 2.45) is 5.41 Å². The van der Waals surface area contributed by atoms with E-state index in [4.69, 9.17) is 4.43 Å². The molecule has 0 aliphatic heterocycles. The van der Waals surface area contributed by atoms with Gasteiger partial charge in [0.2, 0.25) is 9.04 Å². The van der Waals surface area contributed by atoms with E-state index in [1.807, 2.05) is 0 Å². The van der Waals surface area contributed by atoms with Gasteiger partial charge in [0.1, 0.15) is 3.61 Å². The Balaban J connectivity index is 2.42. The summed E-state index contributed by atoms with van der Waals surface area (Å²) >= 11 is 4.97. The average molecular weight is 536 g/mol. The molecule has 0 amide bonds. The first-order valence-electron chi connectivity index (χ1n) is 7.40. The molecule has 0 aliphatic carbocycles. The van der Waals surface area contributed by atoms with E-state index in [-0.39, 0.29) is 9.02 Å². The summed E-state index contributed by atoms with van der Waals surface area (Å²) in [6, 6.07) is 21.4. The quantitative estimate of drug-likeness (QED) is 0.317. The van der Waals surface area contributed by atoms with E-state index in [9.17, 15) is 0 Å². The lowest BCUT2D eigenvalue weighted by molar-refractivity contribution is 0.0964. The van der Waals surface area contributed by atoms with Crippen molar-refractivity contribution < 1.29 is 4.43 Å². The summed E-state index contributed by atoms with van der Waals surface area (Å²) in [5, 5.41) is 2.67. The van der Waals surface area contributed by atoms with Gasteiger partial charge in [0.25, 0.3) is 0 Å². The third-order valence-corrected chi connectivity index (χ3v) is 11.7. The topological polar surface area (TPSA) is 9.23 Å². The average Bonchev–Trinajstić information content (AvgIpc) is 2.53. The Morgan fingerprint density at radius 2 is 1.27 bits per heavy atom. The molecule has 0 heterocycles. The van der Waals surface area contributed by atoms with Gasteiger partial charge in [-0.15, -0.1) is 0 Å². The molecule has 118 valence electrons. The summed E-state index contributed by atoms with van der Waals surface area (Å²) in [4.78, 5) is 0. The molecule has 0 aromatic heterocycles. The molecule has 1 unspecified atom stereocenters. The second-order valence-corrected chi connectivity index (χ2v) is 11.3. The van der Waals surface area contributed by atoms with Crippen molar-refractivity contribution in [2.45, 2.75) is 24.4 Å². The molecule has 4 heteroatoms. The molecule has 0 fully saturated rings. The molecule has 0 saturated carbocycles. The number of rotatable bonds is 5. The van der Waals surface area contributed by atoms with Gasteiger partial charge in [0, 0.05) is 4.43 Å². The Morgan fingerprint density at radius 3 is 1.59 bits per heavy atom. The predicted molar refractivity (Wildman–Crippen MR) is 115 cm³/mol. The summed E-state index contributed by atoms with van der Waals surface area (Å²) in [7, 11) is -1.71. The number of hydrogen-bond acceptors (Lipinski definition) is 1. The van der Waals surface area contributed by atoms with Crippen molar-refractivity contribution >= 4 is 64.6 Å². The van der Waals surface area contributed by atoms with Crippen LogP contribution in [0.3, 0.4) is 0 Å². The highest BCUT2D eigenvalue weighted by Crippen LogP contribution is 2.41. The predicted octanol–water partition coefficient (Wildman–Crippen LogP) is 4.15. The SMILES string of the molecule is CC(C)(C)C(I)(CI)O[SiH](c1ccccc1)c1ccccc1. The smallest absolute Gasteiger partial charge is 0.241 e. The van der Waals surface area contributed by atoms with E-state index in [0.717, 1.165) is 4.43 Å². The van der Waals surface area contributed by atoms with Crippen LogP contribution >= 0.6 is 45.2 Å². The van der Waals surface area contributed by atoms with Gasteiger partial charge in [-0.05, 0) is 38.4 Å². The van der Waals surface area contributed by atoms with E-state index in [2.05, 4.69) is 127 Å². The third kappa shape index (κ3) is 4.33. The maximum absolute atomic E-state index is 6.84. The fraction of sp³-hybridized carbons (Fsp3) is 0.333. The van der Waals surface area contributed by atoms with Gasteiger partial charge >= 0.3 is 0 Å². The minimum atomic E-state index is -1.71. The molecule has 0 aliphatic rings. The van der Waals surface area contributed by atoms with Crippen molar-refractivity contribution in [3.05, 3.63) is 60.7 Å². The largest absolute Gasteiger partial charge is 0.395 e. The molecule has 0 N–H and O–H groups in total. The Hall–Kier alpha value is 0.0769. The lowest BCUT2D eigenvalue weighted by Gasteiger charge is -2.41. The third-order valence-electron chi connectivity index (χ3n) is 3.80. The van der Waals surface area contributed by atoms with Crippen LogP contribution in [0.2, 0.25) is 0 Å². The zero-order chi connectivity index (χ0) is 16.2. The van der Waals surface area contributed by atoms with Gasteiger partial charge in [-0.2, -0.15) is 0 Å². The summed E-state index contributed by atoms with van der Waals surface area (Å²) in [6.45, 7) is 6.79. The van der Waals surface area contributed by atoms with E-state index >= 15 is 0 Å². The normalized spacial score (nSPS) is 14.8. The van der Waals surface area contributed by atoms with E-state index < -0.39 is 9.04 Å². The van der Waals surface area contributed by atoms with Crippen LogP contribution in [0.5, 0.6) is 0 Å². The molecule has 22 heavy (non-hydrogen) atoms. The Labute approximate surface area is 162 Å². The lowest BCUT2D eigenvalue weighted by atomic mass is 9.90. The van der Waals surface area contributed by atoms with Gasteiger partial charge in [-0.25, -0.2) is 0 Å². The summed E-state index contributed by atoms with van der Waals surface area (Å²) in [6.07, 6.45) is 0. The molecular formula is C18H22I2OSi. The standard InChI is InChI=1S/C18H22I2OSi/c1-17(2,3)18(20,14-19)21-22(15-10-6-4-7-11-15)16-12-8-5-9-13-16/h4-13,22H,14H2,1-3H3. The van der Waals surface area contributed by atoms with E-state index in [1.165, 1.54) is 10.4 Å². The number of hydrogen-bond donors (Lipinski definition) is 0. The molecule has 2 rings (SSSR count). The van der Waals surface area contributed by atoms with Gasteiger partial charge in [-0.3, -0.25) is 0 Å². The van der Waals surface area contributed by atoms with Gasteiger partial charge in [-0.1, -0.05) is 104 Å². The molecule has 2 aromatic carbocycles. The highest BCUT2D eigenvalue weighted by molar-refractivity contribution is 14.1. The van der Waals surface area contributed by atoms with Crippen LogP contribution in [0, 0.1) is 5.41 Å². The first-order chi connectivity index (χ1) is 10.4. The molecular weight excluding hydrogens is 514 g/mol. The summed E-state index contributed by atoms with van der Waals surface area (Å²) in [5.41, 5.74) is 0.0869. The highest BCUT2D eigenvalue weighted by atomic mass is 127. The maximum Gasteiger partial charge on any atom is 0.241 e. The van der Waals surface area contributed by atoms with Crippen LogP contribution in [0.25, 0.3) is 0 Å². The van der Waals surface area contributed by atoms with Gasteiger partial charge in [0.05, 0.1) is 0 Å². The van der Waals surface area contributed by atoms with Crippen molar-refractivity contribution in [3.63, 3.8) is 0 Å². The van der Waals surface area contributed by atoms with E-state index in [1.54, 1.807) is 0 Å². The Bertz CT molecular complexity index is 544. The zero-order valence-corrected chi connectivity index (χ0v) is 18.7. The van der Waals surface area contributed by atoms with Gasteiger partial charge in [0.15, 0.2) is 0 Å². The fourth-order valence-electron chi connectivity index (χ4n) is 2.18. The number of halogens is 2. The summed E-state index contributed by atoms with van der Waals surface area (Å²) in [5.74, 6) is 0. The zero-order valence-electron chi connectivity index (χ0n) is 13.2. The minimum absolute atomic E-state index is 0.0869. The second kappa shape index (κ2) is 7.77. The molecule has 0 saturated heterocycles. The molecule has 0 spiro atoms. The van der Waals surface area contributed by atoms with Crippen LogP contribution < -0.4 is 10.4 Å². The van der Waals surface area contributed by atoms with Crippen LogP contribution in [-0.2, 0) is 4.43 Å². The molecule has 1 nitrogen and oxygen atoms in total. The number of alkyl halides is 2. The summed E-state index contributed by atoms with van der Waals surface area (Å²) < 4.78 is 7.64. The van der Waals surface area contributed by atoms with Crippen molar-refractivity contribution in [3.8, 4) is 0 Å². The van der Waals surface area contributed by atoms with Gasteiger partial charge < -0.3 is 4.43 Å². The van der Waals surface area contributed by atoms with Crippen molar-refractivity contribution in [1.29, 1.82) is 0 Å². The van der Waals surface area contributed by atoms with Crippen LogP contribution in [0.15, 0.2) is 60.7 Å². The van der Waals surface area contributed by atoms with Crippen LogP contribution in [0.4, 0.5) is 0 Å². The van der Waals surface area contributed by atoms with E-state index in [0.29, 0.717) is 0 Å². The van der Waals surface area contributed by atoms with Crippen LogP contribution in [-0.4, -0.2) is 17.1 Å². The van der Waals surface area contributed by atoms with Crippen LogP contribution in [0.1, 0.15) is 20.8 Å². The maximum atomic E-state index is 6.84. The number of benzene rings is 2. The van der Waals surface area contributed by atoms with Crippen molar-refractivity contribution in [2.75, 3.05) is 4.43 Å². The minimum Gasteiger partial charge on any atom is -0.395 e. The second-order valence-electron chi connectivity index (χ2n) is 6.43. The first kappa shape index (κ1) is 18.4. The highest BCUT2D eigenvalue weighted by Gasteiger charge is 2.42. The van der Waals surface area contributed by atoms with Crippen molar-refractivity contribution in [1.82, 2.24) is 0 Å². The fourth-order valence-corrected chi connectivity index (χ4v) is 7.22. The Kier molecular flexibility index (Phi) is 6.50. The lowest BCUT2D eigenvalue weighted by Crippen LogP contribution is -2.54.